The van der Waals surface area contributed by atoms with E-state index in [2.05, 4.69) is 39.5 Å². The fraction of sp³-hybridized carbons (Fsp3) is 0.625. The molecule has 152 valence electrons. The van der Waals surface area contributed by atoms with Crippen molar-refractivity contribution in [2.75, 3.05) is 6.61 Å². The molecule has 0 radical (unpaired) electrons. The van der Waals surface area contributed by atoms with Crippen LogP contribution in [0.2, 0.25) is 0 Å². The molecule has 5 atom stereocenters. The van der Waals surface area contributed by atoms with E-state index in [1.165, 1.54) is 0 Å². The van der Waals surface area contributed by atoms with Crippen LogP contribution in [0.25, 0.3) is 5.57 Å². The molecule has 1 aromatic carbocycles. The molecule has 4 heteroatoms. The van der Waals surface area contributed by atoms with Crippen molar-refractivity contribution in [3.63, 3.8) is 0 Å². The molecule has 2 fully saturated rings. The molecule has 0 amide bonds. The van der Waals surface area contributed by atoms with Gasteiger partial charge in [0, 0.05) is 30.8 Å². The Kier molecular flexibility index (Phi) is 4.16. The molecule has 5 unspecified atom stereocenters. The minimum Gasteiger partial charge on any atom is -0.462 e. The van der Waals surface area contributed by atoms with E-state index in [1.54, 1.807) is 6.92 Å². The highest BCUT2D eigenvalue weighted by Gasteiger charge is 2.85. The lowest BCUT2D eigenvalue weighted by atomic mass is 9.54. The number of carbonyl (C=O) groups excluding carboxylic acids is 1. The summed E-state index contributed by atoms with van der Waals surface area (Å²) in [6.07, 6.45) is 1.11. The zero-order valence-electron chi connectivity index (χ0n) is 17.7. The van der Waals surface area contributed by atoms with Gasteiger partial charge in [-0.25, -0.2) is 0 Å². The van der Waals surface area contributed by atoms with E-state index >= 15 is 0 Å². The maximum Gasteiger partial charge on any atom is 0.305 e. The first-order chi connectivity index (χ1) is 13.1. The molecule has 2 bridgehead atoms. The van der Waals surface area contributed by atoms with Crippen LogP contribution in [-0.4, -0.2) is 29.4 Å². The molecule has 4 nitrogen and oxygen atoms in total. The average molecular weight is 385 g/mol. The number of aliphatic hydroxyl groups is 1. The second kappa shape index (κ2) is 5.93. The summed E-state index contributed by atoms with van der Waals surface area (Å²) in [5.41, 5.74) is 0.0550. The van der Waals surface area contributed by atoms with Gasteiger partial charge < -0.3 is 14.6 Å². The summed E-state index contributed by atoms with van der Waals surface area (Å²) in [5.74, 6) is -0.186. The van der Waals surface area contributed by atoms with Crippen LogP contribution in [0.1, 0.15) is 65.0 Å². The van der Waals surface area contributed by atoms with Gasteiger partial charge in [-0.1, -0.05) is 58.5 Å². The first-order valence-electron chi connectivity index (χ1n) is 10.4. The number of fused-ring (bicyclic) bond motifs is 7. The molecule has 3 aliphatic carbocycles. The second-order valence-electron chi connectivity index (χ2n) is 9.40. The highest BCUT2D eigenvalue weighted by molar-refractivity contribution is 5.74. The van der Waals surface area contributed by atoms with Crippen molar-refractivity contribution in [1.82, 2.24) is 0 Å². The Morgan fingerprint density at radius 3 is 2.57 bits per heavy atom. The number of rotatable bonds is 4. The van der Waals surface area contributed by atoms with Crippen LogP contribution < -0.4 is 0 Å². The fourth-order valence-electron chi connectivity index (χ4n) is 6.85. The molecule has 3 aliphatic rings. The van der Waals surface area contributed by atoms with E-state index in [0.29, 0.717) is 25.9 Å². The number of carbonyl (C=O) groups is 1. The zero-order valence-corrected chi connectivity index (χ0v) is 17.7. The predicted molar refractivity (Wildman–Crippen MR) is 109 cm³/mol. The quantitative estimate of drug-likeness (QED) is 0.779. The molecule has 0 aliphatic heterocycles. The summed E-state index contributed by atoms with van der Waals surface area (Å²) >= 11 is 0. The summed E-state index contributed by atoms with van der Waals surface area (Å²) in [6, 6.07) is 8.18. The summed E-state index contributed by atoms with van der Waals surface area (Å²) in [6.45, 7) is 15.1. The fourth-order valence-corrected chi connectivity index (χ4v) is 6.85. The van der Waals surface area contributed by atoms with Crippen LogP contribution in [0.4, 0.5) is 0 Å². The monoisotopic (exact) mass is 384 g/mol. The molecule has 0 heterocycles. The van der Waals surface area contributed by atoms with Crippen molar-refractivity contribution in [2.24, 2.45) is 16.7 Å². The van der Waals surface area contributed by atoms with Crippen molar-refractivity contribution >= 4 is 11.5 Å². The molecule has 0 spiro atoms. The number of hydrogen-bond donors (Lipinski definition) is 1. The molecule has 4 rings (SSSR count). The van der Waals surface area contributed by atoms with E-state index in [1.807, 2.05) is 19.1 Å². The largest absolute Gasteiger partial charge is 0.462 e. The molecule has 0 aromatic heterocycles. The summed E-state index contributed by atoms with van der Waals surface area (Å²) in [5, 5.41) is 12.5. The van der Waals surface area contributed by atoms with Crippen LogP contribution >= 0.6 is 0 Å². The van der Waals surface area contributed by atoms with E-state index in [-0.39, 0.29) is 23.4 Å². The number of esters is 1. The smallest absolute Gasteiger partial charge is 0.305 e. The van der Waals surface area contributed by atoms with Crippen LogP contribution in [0.5, 0.6) is 0 Å². The van der Waals surface area contributed by atoms with E-state index in [0.717, 1.165) is 16.7 Å². The Bertz CT molecular complexity index is 843. The maximum absolute atomic E-state index is 12.5. The second-order valence-corrected chi connectivity index (χ2v) is 9.40. The van der Waals surface area contributed by atoms with Gasteiger partial charge in [0.15, 0.2) is 0 Å². The zero-order chi connectivity index (χ0) is 20.5. The molecule has 28 heavy (non-hydrogen) atoms. The minimum atomic E-state index is -1.20. The normalized spacial score (nSPS) is 40.1. The third kappa shape index (κ3) is 1.91. The maximum atomic E-state index is 12.5. The Morgan fingerprint density at radius 2 is 1.93 bits per heavy atom. The van der Waals surface area contributed by atoms with Gasteiger partial charge >= 0.3 is 5.97 Å². The minimum absolute atomic E-state index is 0.0267. The first-order valence-corrected chi connectivity index (χ1v) is 10.4. The van der Waals surface area contributed by atoms with E-state index in [9.17, 15) is 9.90 Å². The van der Waals surface area contributed by atoms with Gasteiger partial charge in [-0.05, 0) is 35.5 Å². The van der Waals surface area contributed by atoms with Crippen molar-refractivity contribution in [1.29, 1.82) is 0 Å². The van der Waals surface area contributed by atoms with E-state index in [4.69, 9.17) is 9.47 Å². The lowest BCUT2D eigenvalue weighted by Crippen LogP contribution is -2.67. The predicted octanol–water partition coefficient (Wildman–Crippen LogP) is 4.45. The van der Waals surface area contributed by atoms with E-state index < -0.39 is 16.6 Å². The Morgan fingerprint density at radius 1 is 1.25 bits per heavy atom. The molecule has 1 N–H and O–H groups in total. The molecule has 2 saturated carbocycles. The number of ether oxygens (including phenoxy) is 2. The van der Waals surface area contributed by atoms with Crippen LogP contribution in [0.15, 0.2) is 30.8 Å². The van der Waals surface area contributed by atoms with Crippen molar-refractivity contribution < 1.29 is 19.4 Å². The van der Waals surface area contributed by atoms with Gasteiger partial charge in [0.2, 0.25) is 0 Å². The van der Waals surface area contributed by atoms with Crippen LogP contribution in [-0.2, 0) is 19.9 Å². The van der Waals surface area contributed by atoms with Crippen molar-refractivity contribution in [2.45, 2.75) is 71.2 Å². The third-order valence-corrected chi connectivity index (χ3v) is 8.38. The van der Waals surface area contributed by atoms with Gasteiger partial charge in [0.1, 0.15) is 17.3 Å². The highest BCUT2D eigenvalue weighted by atomic mass is 16.6. The lowest BCUT2D eigenvalue weighted by molar-refractivity contribution is -0.261. The highest BCUT2D eigenvalue weighted by Crippen LogP contribution is 2.80. The van der Waals surface area contributed by atoms with Crippen LogP contribution in [0.3, 0.4) is 0 Å². The molecular formula is C24H32O4. The number of benzene rings is 1. The van der Waals surface area contributed by atoms with Crippen molar-refractivity contribution in [3.8, 4) is 0 Å². The SMILES string of the molecule is C=C1CC2(O)C(OCC)(c3ccccc31)C1CC(OC(=O)CC)C2(C)C1(C)C. The topological polar surface area (TPSA) is 55.8 Å². The van der Waals surface area contributed by atoms with Gasteiger partial charge in [0.25, 0.3) is 0 Å². The van der Waals surface area contributed by atoms with Gasteiger partial charge in [-0.15, -0.1) is 0 Å². The Labute approximate surface area is 167 Å². The standard InChI is InChI=1S/C24H32O4/c1-7-20(25)28-19-13-18-21(4,5)22(19,6)23(26)14-15(3)16-11-9-10-12-17(16)24(18,23)27-8-2/h9-12,18-19,26H,3,7-8,13-14H2,1-2,4-6H3. The van der Waals surface area contributed by atoms with Crippen LogP contribution in [0, 0.1) is 16.7 Å². The lowest BCUT2D eigenvalue weighted by Gasteiger charge is -2.58. The molecular weight excluding hydrogens is 352 g/mol. The third-order valence-electron chi connectivity index (χ3n) is 8.38. The van der Waals surface area contributed by atoms with Crippen molar-refractivity contribution in [3.05, 3.63) is 42.0 Å². The molecule has 0 saturated heterocycles. The Hall–Kier alpha value is -1.65. The Balaban J connectivity index is 1.98. The van der Waals surface area contributed by atoms with Gasteiger partial charge in [-0.3, -0.25) is 4.79 Å². The number of hydrogen-bond acceptors (Lipinski definition) is 4. The summed E-state index contributed by atoms with van der Waals surface area (Å²) in [7, 11) is 0. The average Bonchev–Trinajstić information content (AvgIpc) is 2.92. The van der Waals surface area contributed by atoms with Gasteiger partial charge in [-0.2, -0.15) is 0 Å². The summed E-state index contributed by atoms with van der Waals surface area (Å²) in [4.78, 5) is 12.2. The molecule has 1 aromatic rings. The first kappa shape index (κ1) is 19.7. The van der Waals surface area contributed by atoms with Gasteiger partial charge in [0.05, 0.1) is 0 Å². The summed E-state index contributed by atoms with van der Waals surface area (Å²) < 4.78 is 12.5.